The zero-order valence-electron chi connectivity index (χ0n) is 20.8. The third kappa shape index (κ3) is 3.85. The Morgan fingerprint density at radius 1 is 1.17 bits per heavy atom. The van der Waals surface area contributed by atoms with Gasteiger partial charge in [-0.25, -0.2) is 24.0 Å². The molecule has 0 spiro atoms. The summed E-state index contributed by atoms with van der Waals surface area (Å²) >= 11 is 0. The molecule has 0 atom stereocenters. The maximum absolute atomic E-state index is 14.7. The fourth-order valence-electron chi connectivity index (χ4n) is 4.90. The average Bonchev–Trinajstić information content (AvgIpc) is 3.62. The van der Waals surface area contributed by atoms with E-state index in [0.717, 1.165) is 31.5 Å². The number of nitrogens with one attached hydrogen (secondary N) is 2. The Balaban J connectivity index is 1.45. The number of alkyl halides is 1. The molecule has 186 valence electrons. The van der Waals surface area contributed by atoms with Crippen LogP contribution in [-0.2, 0) is 17.6 Å². The van der Waals surface area contributed by atoms with Crippen LogP contribution in [0.5, 0.6) is 0 Å². The van der Waals surface area contributed by atoms with Gasteiger partial charge in [-0.15, -0.1) is 0 Å². The van der Waals surface area contributed by atoms with Crippen molar-refractivity contribution < 1.29 is 4.39 Å². The number of benzene rings is 1. The van der Waals surface area contributed by atoms with Gasteiger partial charge < -0.3 is 10.6 Å². The fraction of sp³-hybridized carbons (Fsp3) is 0.423. The van der Waals surface area contributed by atoms with Crippen LogP contribution < -0.4 is 16.2 Å². The number of rotatable bonds is 5. The van der Waals surface area contributed by atoms with Gasteiger partial charge in [0.2, 0.25) is 5.95 Å². The molecule has 1 aliphatic carbocycles. The van der Waals surface area contributed by atoms with Crippen molar-refractivity contribution in [3.8, 4) is 5.95 Å². The summed E-state index contributed by atoms with van der Waals surface area (Å²) in [6, 6.07) is 7.85. The quantitative estimate of drug-likeness (QED) is 0.437. The molecule has 1 aliphatic heterocycles. The molecule has 0 bridgehead atoms. The first-order chi connectivity index (χ1) is 17.1. The van der Waals surface area contributed by atoms with Crippen LogP contribution in [-0.4, -0.2) is 35.8 Å². The van der Waals surface area contributed by atoms with Crippen LogP contribution >= 0.6 is 0 Å². The van der Waals surface area contributed by atoms with Gasteiger partial charge in [0.25, 0.3) is 11.5 Å². The summed E-state index contributed by atoms with van der Waals surface area (Å²) in [5.74, 6) is 0.574. The molecule has 6 rings (SSSR count). The van der Waals surface area contributed by atoms with E-state index in [4.69, 9.17) is 4.98 Å². The molecule has 36 heavy (non-hydrogen) atoms. The standard InChI is InChI=1S/C26H29FN8O/c1-25(2,27)20-10-11-28-24(32-20)35-21-18(22(36)34(35)17-6-7-17)14-29-23(33-21)31-16-5-8-19-15(13-16)9-12-30-26(19,3)4/h5,8,10-11,13-14,17,30H,6-7,9,12H2,1-4H3,(H,29,31,33). The molecule has 1 fully saturated rings. The lowest BCUT2D eigenvalue weighted by molar-refractivity contribution is 0.213. The van der Waals surface area contributed by atoms with E-state index in [0.29, 0.717) is 17.0 Å². The lowest BCUT2D eigenvalue weighted by Gasteiger charge is -2.34. The second-order valence-electron chi connectivity index (χ2n) is 10.6. The van der Waals surface area contributed by atoms with Gasteiger partial charge in [0.15, 0.2) is 5.65 Å². The second-order valence-corrected chi connectivity index (χ2v) is 10.6. The van der Waals surface area contributed by atoms with E-state index in [1.807, 2.05) is 6.07 Å². The molecule has 1 saturated carbocycles. The molecule has 4 aromatic rings. The van der Waals surface area contributed by atoms with E-state index < -0.39 is 5.67 Å². The number of halogens is 1. The number of aromatic nitrogens is 6. The third-order valence-corrected chi connectivity index (χ3v) is 6.95. The summed E-state index contributed by atoms with van der Waals surface area (Å²) in [7, 11) is 0. The van der Waals surface area contributed by atoms with Crippen molar-refractivity contribution in [2.45, 2.75) is 64.2 Å². The molecule has 1 aromatic carbocycles. The monoisotopic (exact) mass is 488 g/mol. The maximum Gasteiger partial charge on any atom is 0.278 e. The first-order valence-electron chi connectivity index (χ1n) is 12.3. The highest BCUT2D eigenvalue weighted by atomic mass is 19.1. The molecule has 10 heteroatoms. The Kier molecular flexibility index (Phi) is 5.01. The topological polar surface area (TPSA) is 103 Å². The molecule has 3 aromatic heterocycles. The van der Waals surface area contributed by atoms with Gasteiger partial charge in [0.05, 0.1) is 11.7 Å². The van der Waals surface area contributed by atoms with Crippen LogP contribution in [0.2, 0.25) is 0 Å². The summed E-state index contributed by atoms with van der Waals surface area (Å²) < 4.78 is 17.9. The van der Waals surface area contributed by atoms with Crippen molar-refractivity contribution in [2.24, 2.45) is 0 Å². The van der Waals surface area contributed by atoms with Gasteiger partial charge in [0, 0.05) is 23.6 Å². The maximum atomic E-state index is 14.7. The second kappa shape index (κ2) is 7.92. The van der Waals surface area contributed by atoms with Crippen LogP contribution in [0.4, 0.5) is 16.0 Å². The summed E-state index contributed by atoms with van der Waals surface area (Å²) in [6.45, 7) is 8.17. The Hall–Kier alpha value is -3.66. The average molecular weight is 489 g/mol. The van der Waals surface area contributed by atoms with Crippen molar-refractivity contribution in [1.29, 1.82) is 0 Å². The summed E-state index contributed by atoms with van der Waals surface area (Å²) in [5.41, 5.74) is 2.13. The fourth-order valence-corrected chi connectivity index (χ4v) is 4.90. The first kappa shape index (κ1) is 22.8. The minimum atomic E-state index is -1.65. The van der Waals surface area contributed by atoms with Crippen molar-refractivity contribution in [3.05, 3.63) is 63.8 Å². The molecule has 0 saturated heterocycles. The summed E-state index contributed by atoms with van der Waals surface area (Å²) in [4.78, 5) is 31.2. The Morgan fingerprint density at radius 3 is 2.72 bits per heavy atom. The van der Waals surface area contributed by atoms with Gasteiger partial charge in [0.1, 0.15) is 11.1 Å². The van der Waals surface area contributed by atoms with E-state index >= 15 is 0 Å². The largest absolute Gasteiger partial charge is 0.324 e. The zero-order chi connectivity index (χ0) is 25.2. The van der Waals surface area contributed by atoms with Crippen molar-refractivity contribution in [3.63, 3.8) is 0 Å². The molecule has 2 N–H and O–H groups in total. The number of hydrogen-bond acceptors (Lipinski definition) is 7. The van der Waals surface area contributed by atoms with Crippen molar-refractivity contribution in [1.82, 2.24) is 34.6 Å². The van der Waals surface area contributed by atoms with Crippen LogP contribution in [0.3, 0.4) is 0 Å². The predicted octanol–water partition coefficient (Wildman–Crippen LogP) is 4.04. The summed E-state index contributed by atoms with van der Waals surface area (Å²) in [5, 5.41) is 7.21. The number of nitrogens with zero attached hydrogens (tertiary/aromatic N) is 6. The highest BCUT2D eigenvalue weighted by Crippen LogP contribution is 2.36. The van der Waals surface area contributed by atoms with Crippen LogP contribution in [0.1, 0.15) is 63.4 Å². The van der Waals surface area contributed by atoms with Crippen molar-refractivity contribution in [2.75, 3.05) is 11.9 Å². The molecular formula is C26H29FN8O. The lowest BCUT2D eigenvalue weighted by atomic mass is 9.85. The number of anilines is 2. The van der Waals surface area contributed by atoms with Crippen LogP contribution in [0.15, 0.2) is 41.5 Å². The molecule has 0 unspecified atom stereocenters. The highest BCUT2D eigenvalue weighted by Gasteiger charge is 2.32. The van der Waals surface area contributed by atoms with E-state index in [2.05, 4.69) is 51.6 Å². The van der Waals surface area contributed by atoms with Gasteiger partial charge in [-0.05, 0) is 82.8 Å². The smallest absolute Gasteiger partial charge is 0.278 e. The van der Waals surface area contributed by atoms with Crippen LogP contribution in [0.25, 0.3) is 17.0 Å². The molecule has 0 radical (unpaired) electrons. The van der Waals surface area contributed by atoms with E-state index in [9.17, 15) is 9.18 Å². The predicted molar refractivity (Wildman–Crippen MR) is 136 cm³/mol. The van der Waals surface area contributed by atoms with Gasteiger partial charge in [-0.3, -0.25) is 4.79 Å². The van der Waals surface area contributed by atoms with E-state index in [1.165, 1.54) is 37.4 Å². The first-order valence-corrected chi connectivity index (χ1v) is 12.3. The Labute approximate surface area is 207 Å². The Bertz CT molecular complexity index is 1540. The number of hydrogen-bond donors (Lipinski definition) is 2. The number of fused-ring (bicyclic) bond motifs is 2. The van der Waals surface area contributed by atoms with Gasteiger partial charge in [-0.1, -0.05) is 6.07 Å². The molecule has 4 heterocycles. The van der Waals surface area contributed by atoms with Crippen molar-refractivity contribution >= 4 is 22.7 Å². The third-order valence-electron chi connectivity index (χ3n) is 6.95. The van der Waals surface area contributed by atoms with Crippen LogP contribution in [0, 0.1) is 0 Å². The molecule has 2 aliphatic rings. The molecule has 9 nitrogen and oxygen atoms in total. The van der Waals surface area contributed by atoms with E-state index in [1.54, 1.807) is 15.4 Å². The lowest BCUT2D eigenvalue weighted by Crippen LogP contribution is -2.42. The van der Waals surface area contributed by atoms with E-state index in [-0.39, 0.29) is 28.8 Å². The normalized spacial score (nSPS) is 17.2. The molecular weight excluding hydrogens is 459 g/mol. The van der Waals surface area contributed by atoms with Gasteiger partial charge in [-0.2, -0.15) is 9.67 Å². The molecule has 0 amide bonds. The SMILES string of the molecule is CC(C)(F)c1ccnc(-n2c3nc(Nc4ccc5c(c4)CCNC5(C)C)ncc3c(=O)n2C2CC2)n1. The zero-order valence-corrected chi connectivity index (χ0v) is 20.8. The summed E-state index contributed by atoms with van der Waals surface area (Å²) in [6.07, 6.45) is 5.75. The Morgan fingerprint density at radius 2 is 1.97 bits per heavy atom. The van der Waals surface area contributed by atoms with Gasteiger partial charge >= 0.3 is 0 Å². The minimum absolute atomic E-state index is 0.0337. The highest BCUT2D eigenvalue weighted by molar-refractivity contribution is 5.77. The minimum Gasteiger partial charge on any atom is -0.324 e.